The molecule has 0 spiro atoms. The van der Waals surface area contributed by atoms with Crippen LogP contribution in [-0.2, 0) is 6.54 Å². The average Bonchev–Trinajstić information content (AvgIpc) is 3.07. The van der Waals surface area contributed by atoms with Gasteiger partial charge in [0.05, 0.1) is 17.6 Å². The quantitative estimate of drug-likeness (QED) is 0.711. The number of amides is 1. The number of nitrogens with zero attached hydrogens (tertiary/aromatic N) is 6. The van der Waals surface area contributed by atoms with Crippen molar-refractivity contribution in [3.63, 3.8) is 0 Å². The zero-order valence-electron chi connectivity index (χ0n) is 14.1. The molecular weight excluding hydrogens is 320 g/mol. The fourth-order valence-electron chi connectivity index (χ4n) is 3.12. The zero-order valence-corrected chi connectivity index (χ0v) is 14.1. The Morgan fingerprint density at radius 1 is 1.32 bits per heavy atom. The minimum absolute atomic E-state index is 0.115. The van der Waals surface area contributed by atoms with Gasteiger partial charge < -0.3 is 9.47 Å². The van der Waals surface area contributed by atoms with Crippen molar-refractivity contribution in [2.24, 2.45) is 0 Å². The number of rotatable bonds is 3. The lowest BCUT2D eigenvalue weighted by Crippen LogP contribution is -2.51. The third-order valence-corrected chi connectivity index (χ3v) is 4.60. The van der Waals surface area contributed by atoms with Crippen molar-refractivity contribution < 1.29 is 4.79 Å². The summed E-state index contributed by atoms with van der Waals surface area (Å²) in [6.07, 6.45) is 5.02. The van der Waals surface area contributed by atoms with Crippen molar-refractivity contribution in [3.05, 3.63) is 52.2 Å². The zero-order chi connectivity index (χ0) is 17.6. The van der Waals surface area contributed by atoms with E-state index in [1.54, 1.807) is 40.3 Å². The first-order valence-electron chi connectivity index (χ1n) is 8.24. The van der Waals surface area contributed by atoms with Crippen molar-refractivity contribution >= 4 is 16.9 Å². The summed E-state index contributed by atoms with van der Waals surface area (Å²) in [5.74, 6) is -0.244. The Hall–Kier alpha value is -3.03. The summed E-state index contributed by atoms with van der Waals surface area (Å²) < 4.78 is 3.59. The van der Waals surface area contributed by atoms with Crippen LogP contribution in [0.1, 0.15) is 29.0 Å². The fourth-order valence-corrected chi connectivity index (χ4v) is 3.12. The van der Waals surface area contributed by atoms with Gasteiger partial charge in [-0.15, -0.1) is 5.10 Å². The van der Waals surface area contributed by atoms with Crippen LogP contribution in [0.15, 0.2) is 35.5 Å². The maximum atomic E-state index is 12.8. The summed E-state index contributed by atoms with van der Waals surface area (Å²) in [5.41, 5.74) is 1.39. The number of carbonyl (C=O) groups excluding carboxylic acids is 1. The lowest BCUT2D eigenvalue weighted by Gasteiger charge is -2.38. The van der Waals surface area contributed by atoms with Gasteiger partial charge in [0.15, 0.2) is 0 Å². The summed E-state index contributed by atoms with van der Waals surface area (Å²) >= 11 is 0. The molecule has 128 valence electrons. The van der Waals surface area contributed by atoms with Gasteiger partial charge >= 0.3 is 0 Å². The Morgan fingerprint density at radius 3 is 2.80 bits per heavy atom. The van der Waals surface area contributed by atoms with Gasteiger partial charge in [0, 0.05) is 37.7 Å². The Kier molecular flexibility index (Phi) is 3.60. The minimum atomic E-state index is -0.263. The summed E-state index contributed by atoms with van der Waals surface area (Å²) in [6, 6.07) is 3.66. The van der Waals surface area contributed by atoms with Crippen LogP contribution in [0.2, 0.25) is 0 Å². The predicted molar refractivity (Wildman–Crippen MR) is 91.4 cm³/mol. The summed E-state index contributed by atoms with van der Waals surface area (Å²) in [6.45, 7) is 5.53. The third kappa shape index (κ3) is 2.50. The average molecular weight is 338 g/mol. The smallest absolute Gasteiger partial charge is 0.259 e. The van der Waals surface area contributed by atoms with Crippen LogP contribution in [0.4, 0.5) is 0 Å². The molecule has 1 aliphatic heterocycles. The molecule has 1 amide bonds. The second kappa shape index (κ2) is 5.80. The van der Waals surface area contributed by atoms with E-state index in [9.17, 15) is 9.59 Å². The first-order chi connectivity index (χ1) is 12.1. The van der Waals surface area contributed by atoms with Gasteiger partial charge in [0.25, 0.3) is 5.91 Å². The number of hydrogen-bond donors (Lipinski definition) is 0. The number of pyridine rings is 2. The van der Waals surface area contributed by atoms with Crippen molar-refractivity contribution in [2.75, 3.05) is 13.1 Å². The molecular formula is C17H18N6O2. The third-order valence-electron chi connectivity index (χ3n) is 4.60. The van der Waals surface area contributed by atoms with Crippen molar-refractivity contribution in [1.82, 2.24) is 29.4 Å². The standard InChI is InChI=1S/C17H18N6O2/c1-3-21-10-14(15(24)13-5-4-11(2)19-16(13)21)17(25)22-8-12(9-22)23-7-6-18-20-23/h4-7,10,12H,3,8-9H2,1-2H3. The molecule has 1 saturated heterocycles. The lowest BCUT2D eigenvalue weighted by atomic mass is 10.1. The van der Waals surface area contributed by atoms with Crippen molar-refractivity contribution in [1.29, 1.82) is 0 Å². The number of likely N-dealkylation sites (tertiary alicyclic amines) is 1. The molecule has 3 aromatic heterocycles. The Labute approximate surface area is 143 Å². The van der Waals surface area contributed by atoms with Gasteiger partial charge in [-0.3, -0.25) is 9.59 Å². The van der Waals surface area contributed by atoms with E-state index in [2.05, 4.69) is 15.3 Å². The molecule has 25 heavy (non-hydrogen) atoms. The van der Waals surface area contributed by atoms with E-state index < -0.39 is 0 Å². The van der Waals surface area contributed by atoms with Gasteiger partial charge in [-0.25, -0.2) is 9.67 Å². The van der Waals surface area contributed by atoms with Crippen LogP contribution in [0.25, 0.3) is 11.0 Å². The maximum Gasteiger partial charge on any atom is 0.259 e. The first-order valence-corrected chi connectivity index (χ1v) is 8.24. The molecule has 0 unspecified atom stereocenters. The van der Waals surface area contributed by atoms with Gasteiger partial charge in [-0.05, 0) is 26.0 Å². The topological polar surface area (TPSA) is 85.9 Å². The molecule has 8 nitrogen and oxygen atoms in total. The second-order valence-corrected chi connectivity index (χ2v) is 6.23. The van der Waals surface area contributed by atoms with Crippen molar-refractivity contribution in [2.45, 2.75) is 26.4 Å². The SMILES string of the molecule is CCn1cc(C(=O)N2CC(n3ccnn3)C2)c(=O)c2ccc(C)nc21. The molecule has 1 aliphatic rings. The molecule has 0 saturated carbocycles. The molecule has 3 aromatic rings. The van der Waals surface area contributed by atoms with Crippen LogP contribution in [-0.4, -0.2) is 48.4 Å². The van der Waals surface area contributed by atoms with E-state index in [0.29, 0.717) is 30.7 Å². The van der Waals surface area contributed by atoms with E-state index in [4.69, 9.17) is 0 Å². The highest BCUT2D eigenvalue weighted by Crippen LogP contribution is 2.22. The highest BCUT2D eigenvalue weighted by Gasteiger charge is 2.34. The van der Waals surface area contributed by atoms with E-state index in [1.165, 1.54) is 0 Å². The highest BCUT2D eigenvalue weighted by atomic mass is 16.2. The summed E-state index contributed by atoms with van der Waals surface area (Å²) in [4.78, 5) is 31.7. The van der Waals surface area contributed by atoms with E-state index >= 15 is 0 Å². The van der Waals surface area contributed by atoms with Gasteiger partial charge in [-0.2, -0.15) is 0 Å². The first kappa shape index (κ1) is 15.5. The van der Waals surface area contributed by atoms with Crippen LogP contribution in [0.3, 0.4) is 0 Å². The van der Waals surface area contributed by atoms with Gasteiger partial charge in [0.2, 0.25) is 5.43 Å². The molecule has 8 heteroatoms. The molecule has 4 rings (SSSR count). The van der Waals surface area contributed by atoms with Crippen LogP contribution in [0, 0.1) is 6.92 Å². The van der Waals surface area contributed by atoms with Crippen LogP contribution in [0.5, 0.6) is 0 Å². The van der Waals surface area contributed by atoms with Crippen LogP contribution >= 0.6 is 0 Å². The molecule has 0 atom stereocenters. The number of carbonyl (C=O) groups is 1. The molecule has 4 heterocycles. The minimum Gasteiger partial charge on any atom is -0.334 e. The summed E-state index contributed by atoms with van der Waals surface area (Å²) in [5, 5.41) is 8.21. The molecule has 1 fully saturated rings. The largest absolute Gasteiger partial charge is 0.334 e. The predicted octanol–water partition coefficient (Wildman–Crippen LogP) is 1.01. The molecule has 0 radical (unpaired) electrons. The molecule has 0 aromatic carbocycles. The highest BCUT2D eigenvalue weighted by molar-refractivity contribution is 5.97. The molecule has 0 aliphatic carbocycles. The lowest BCUT2D eigenvalue weighted by molar-refractivity contribution is 0.0496. The number of aryl methyl sites for hydroxylation is 2. The normalized spacial score (nSPS) is 14.7. The summed E-state index contributed by atoms with van der Waals surface area (Å²) in [7, 11) is 0. The second-order valence-electron chi connectivity index (χ2n) is 6.23. The molecule has 0 bridgehead atoms. The van der Waals surface area contributed by atoms with Gasteiger partial charge in [-0.1, -0.05) is 5.21 Å². The van der Waals surface area contributed by atoms with Crippen molar-refractivity contribution in [3.8, 4) is 0 Å². The number of hydrogen-bond acceptors (Lipinski definition) is 5. The van der Waals surface area contributed by atoms with Gasteiger partial charge in [0.1, 0.15) is 11.2 Å². The Balaban J connectivity index is 1.67. The van der Waals surface area contributed by atoms with E-state index in [0.717, 1.165) is 5.69 Å². The van der Waals surface area contributed by atoms with E-state index in [-0.39, 0.29) is 22.9 Å². The number of aromatic nitrogens is 5. The van der Waals surface area contributed by atoms with Crippen LogP contribution < -0.4 is 5.43 Å². The maximum absolute atomic E-state index is 12.8. The Bertz CT molecular complexity index is 1000. The number of fused-ring (bicyclic) bond motifs is 1. The molecule has 0 N–H and O–H groups in total. The Morgan fingerprint density at radius 2 is 2.12 bits per heavy atom. The fraction of sp³-hybridized carbons (Fsp3) is 0.353. The van der Waals surface area contributed by atoms with E-state index in [1.807, 2.05) is 18.4 Å². The monoisotopic (exact) mass is 338 g/mol.